The molecule has 1 saturated carbocycles. The van der Waals surface area contributed by atoms with Crippen LogP contribution in [0.1, 0.15) is 48.7 Å². The molecule has 6 rings (SSSR count). The summed E-state index contributed by atoms with van der Waals surface area (Å²) >= 11 is 0. The molecule has 5 atom stereocenters. The van der Waals surface area contributed by atoms with Crippen LogP contribution in [0.3, 0.4) is 0 Å². The normalized spacial score (nSPS) is 29.8. The maximum absolute atomic E-state index is 14.1. The first-order valence-corrected chi connectivity index (χ1v) is 12.3. The van der Waals surface area contributed by atoms with Gasteiger partial charge in [0, 0.05) is 35.2 Å². The Labute approximate surface area is 200 Å². The number of aromatic nitrogens is 1. The average Bonchev–Trinajstić information content (AvgIpc) is 3.49. The lowest BCUT2D eigenvalue weighted by molar-refractivity contribution is -0.0134. The minimum Gasteiger partial charge on any atom is -0.497 e. The summed E-state index contributed by atoms with van der Waals surface area (Å²) in [6.07, 6.45) is 5.31. The number of carbonyl (C=O) groups is 1. The number of piperidine rings is 1. The lowest BCUT2D eigenvalue weighted by atomic mass is 9.64. The number of likely N-dealkylation sites (tertiary alicyclic amines) is 1. The van der Waals surface area contributed by atoms with Crippen LogP contribution in [0.15, 0.2) is 65.2 Å². The van der Waals surface area contributed by atoms with Crippen molar-refractivity contribution in [1.82, 2.24) is 15.4 Å². The van der Waals surface area contributed by atoms with Gasteiger partial charge in [-0.25, -0.2) is 0 Å². The summed E-state index contributed by atoms with van der Waals surface area (Å²) in [7, 11) is 1.64. The number of fused-ring (bicyclic) bond motifs is 1. The van der Waals surface area contributed by atoms with Gasteiger partial charge in [-0.3, -0.25) is 4.79 Å². The van der Waals surface area contributed by atoms with E-state index >= 15 is 0 Å². The molecule has 34 heavy (non-hydrogen) atoms. The second-order valence-corrected chi connectivity index (χ2v) is 10.3. The zero-order chi connectivity index (χ0) is 23.3. The second kappa shape index (κ2) is 8.27. The van der Waals surface area contributed by atoms with E-state index in [9.17, 15) is 4.79 Å². The summed E-state index contributed by atoms with van der Waals surface area (Å²) in [5.41, 5.74) is 2.87. The molecule has 3 fully saturated rings. The van der Waals surface area contributed by atoms with Crippen molar-refractivity contribution in [3.8, 4) is 17.0 Å². The first-order valence-electron chi connectivity index (χ1n) is 12.3. The largest absolute Gasteiger partial charge is 0.497 e. The van der Waals surface area contributed by atoms with Crippen LogP contribution in [0, 0.1) is 5.41 Å². The third-order valence-electron chi connectivity index (χ3n) is 8.37. The van der Waals surface area contributed by atoms with Crippen molar-refractivity contribution in [2.24, 2.45) is 5.41 Å². The smallest absolute Gasteiger partial charge is 0.293 e. The maximum Gasteiger partial charge on any atom is 0.293 e. The number of rotatable bonds is 5. The van der Waals surface area contributed by atoms with E-state index < -0.39 is 0 Å². The number of methoxy groups -OCH3 is 1. The first kappa shape index (κ1) is 21.4. The average molecular weight is 458 g/mol. The molecule has 1 aromatic heterocycles. The van der Waals surface area contributed by atoms with Crippen LogP contribution >= 0.6 is 0 Å². The number of benzene rings is 2. The SMILES string of the molecule is COc1cccc(-c2cc(C(=O)N3[C@@H](Cc4ccccc4)[C@@H]4C[C@@]5(C)[C@H](CCC[C@@H]35)N4)on2)c1. The Bertz CT molecular complexity index is 1190. The molecule has 1 amide bonds. The summed E-state index contributed by atoms with van der Waals surface area (Å²) in [5.74, 6) is 1.01. The first-order chi connectivity index (χ1) is 16.6. The summed E-state index contributed by atoms with van der Waals surface area (Å²) in [4.78, 5) is 16.2. The fraction of sp³-hybridized carbons (Fsp3) is 0.429. The Kier molecular flexibility index (Phi) is 5.21. The van der Waals surface area contributed by atoms with E-state index in [1.165, 1.54) is 12.0 Å². The second-order valence-electron chi connectivity index (χ2n) is 10.3. The van der Waals surface area contributed by atoms with E-state index in [-0.39, 0.29) is 29.4 Å². The number of nitrogens with zero attached hydrogens (tertiary/aromatic N) is 2. The third kappa shape index (κ3) is 3.43. The van der Waals surface area contributed by atoms with Gasteiger partial charge in [-0.15, -0.1) is 0 Å². The molecule has 6 nitrogen and oxygen atoms in total. The van der Waals surface area contributed by atoms with E-state index in [1.54, 1.807) is 13.2 Å². The number of amides is 1. The van der Waals surface area contributed by atoms with Gasteiger partial charge in [-0.2, -0.15) is 0 Å². The molecule has 0 radical (unpaired) electrons. The summed E-state index contributed by atoms with van der Waals surface area (Å²) in [6, 6.07) is 21.0. The Morgan fingerprint density at radius 3 is 2.85 bits per heavy atom. The maximum atomic E-state index is 14.1. The Hall–Kier alpha value is -3.12. The van der Waals surface area contributed by atoms with E-state index in [2.05, 4.69) is 46.6 Å². The van der Waals surface area contributed by atoms with Crippen molar-refractivity contribution >= 4 is 5.91 Å². The molecule has 0 unspecified atom stereocenters. The quantitative estimate of drug-likeness (QED) is 0.601. The van der Waals surface area contributed by atoms with Crippen molar-refractivity contribution in [2.45, 2.75) is 63.2 Å². The van der Waals surface area contributed by atoms with Crippen LogP contribution in [-0.4, -0.2) is 47.2 Å². The van der Waals surface area contributed by atoms with Gasteiger partial charge in [-0.05, 0) is 49.8 Å². The number of ether oxygens (including phenoxy) is 1. The molecule has 3 aromatic rings. The summed E-state index contributed by atoms with van der Waals surface area (Å²) in [6.45, 7) is 2.37. The van der Waals surface area contributed by atoms with Crippen molar-refractivity contribution in [3.05, 3.63) is 72.0 Å². The van der Waals surface area contributed by atoms with Gasteiger partial charge in [0.1, 0.15) is 11.4 Å². The molecule has 1 N–H and O–H groups in total. The molecule has 176 valence electrons. The number of hydrogen-bond acceptors (Lipinski definition) is 5. The fourth-order valence-electron chi connectivity index (χ4n) is 6.69. The van der Waals surface area contributed by atoms with Gasteiger partial charge < -0.3 is 19.5 Å². The van der Waals surface area contributed by atoms with Gasteiger partial charge in [0.15, 0.2) is 0 Å². The van der Waals surface area contributed by atoms with Gasteiger partial charge in [0.05, 0.1) is 13.2 Å². The Morgan fingerprint density at radius 1 is 1.18 bits per heavy atom. The van der Waals surface area contributed by atoms with E-state index in [4.69, 9.17) is 9.26 Å². The van der Waals surface area contributed by atoms with E-state index in [0.717, 1.165) is 37.0 Å². The van der Waals surface area contributed by atoms with Gasteiger partial charge >= 0.3 is 0 Å². The van der Waals surface area contributed by atoms with Crippen molar-refractivity contribution in [2.75, 3.05) is 7.11 Å². The van der Waals surface area contributed by atoms with Crippen LogP contribution in [0.25, 0.3) is 11.3 Å². The topological polar surface area (TPSA) is 67.6 Å². The van der Waals surface area contributed by atoms with Gasteiger partial charge in [-0.1, -0.05) is 54.5 Å². The standard InChI is InChI=1S/C28H31N3O3/c1-28-17-22-23(14-18-8-4-3-5-9-18)31(26(28)13-7-12-25(28)29-22)27(32)24-16-21(30-34-24)19-10-6-11-20(15-19)33-2/h3-6,8-11,15-16,22-23,25-26,29H,7,12-14,17H2,1-2H3/t22-,23-,25-,26+,28-/m0/s1. The lowest BCUT2D eigenvalue weighted by Gasteiger charge is -2.53. The zero-order valence-corrected chi connectivity index (χ0v) is 19.7. The predicted molar refractivity (Wildman–Crippen MR) is 130 cm³/mol. The molecule has 2 saturated heterocycles. The van der Waals surface area contributed by atoms with Crippen molar-refractivity contribution in [1.29, 1.82) is 0 Å². The Balaban J connectivity index is 1.36. The molecule has 0 spiro atoms. The zero-order valence-electron chi connectivity index (χ0n) is 19.7. The van der Waals surface area contributed by atoms with Gasteiger partial charge in [0.2, 0.25) is 5.76 Å². The highest BCUT2D eigenvalue weighted by Crippen LogP contribution is 2.52. The number of nitrogens with one attached hydrogen (secondary N) is 1. The molecule has 2 aromatic carbocycles. The van der Waals surface area contributed by atoms with Crippen LogP contribution in [-0.2, 0) is 6.42 Å². The lowest BCUT2D eigenvalue weighted by Crippen LogP contribution is -2.62. The van der Waals surface area contributed by atoms with Crippen LogP contribution in [0.4, 0.5) is 0 Å². The number of hydrogen-bond donors (Lipinski definition) is 1. The third-order valence-corrected chi connectivity index (χ3v) is 8.37. The van der Waals surface area contributed by atoms with Crippen LogP contribution < -0.4 is 10.1 Å². The molecular formula is C28H31N3O3. The molecule has 6 heteroatoms. The predicted octanol–water partition coefficient (Wildman–Crippen LogP) is 4.71. The molecule has 2 bridgehead atoms. The fourth-order valence-corrected chi connectivity index (χ4v) is 6.69. The molecular weight excluding hydrogens is 426 g/mol. The number of carbonyl (C=O) groups excluding carboxylic acids is 1. The highest BCUT2D eigenvalue weighted by molar-refractivity contribution is 5.93. The monoisotopic (exact) mass is 457 g/mol. The minimum atomic E-state index is -0.0483. The van der Waals surface area contributed by atoms with Crippen LogP contribution in [0.5, 0.6) is 5.75 Å². The summed E-state index contributed by atoms with van der Waals surface area (Å²) < 4.78 is 11.0. The highest BCUT2D eigenvalue weighted by Gasteiger charge is 2.60. The van der Waals surface area contributed by atoms with Crippen molar-refractivity contribution in [3.63, 3.8) is 0 Å². The van der Waals surface area contributed by atoms with E-state index in [0.29, 0.717) is 17.5 Å². The molecule has 1 aliphatic carbocycles. The summed E-state index contributed by atoms with van der Waals surface area (Å²) in [5, 5.41) is 8.17. The molecule has 3 heterocycles. The minimum absolute atomic E-state index is 0.0483. The Morgan fingerprint density at radius 2 is 2.03 bits per heavy atom. The van der Waals surface area contributed by atoms with E-state index in [1.807, 2.05) is 30.3 Å². The van der Waals surface area contributed by atoms with Gasteiger partial charge in [0.25, 0.3) is 5.91 Å². The van der Waals surface area contributed by atoms with Crippen LogP contribution in [0.2, 0.25) is 0 Å². The highest BCUT2D eigenvalue weighted by atomic mass is 16.5. The van der Waals surface area contributed by atoms with Crippen molar-refractivity contribution < 1.29 is 14.1 Å². The molecule has 3 aliphatic rings. The molecule has 2 aliphatic heterocycles.